The lowest BCUT2D eigenvalue weighted by Crippen LogP contribution is -2.45. The Morgan fingerprint density at radius 3 is 3.00 bits per heavy atom. The lowest BCUT2D eigenvalue weighted by molar-refractivity contribution is -0.123. The van der Waals surface area contributed by atoms with Gasteiger partial charge in [0.2, 0.25) is 0 Å². The van der Waals surface area contributed by atoms with Crippen molar-refractivity contribution in [2.75, 3.05) is 26.8 Å². The van der Waals surface area contributed by atoms with Gasteiger partial charge in [-0.05, 0) is 55.0 Å². The maximum Gasteiger partial charge on any atom is 0.257 e. The topological polar surface area (TPSA) is 50.8 Å². The third kappa shape index (κ3) is 5.14. The van der Waals surface area contributed by atoms with Gasteiger partial charge in [0.1, 0.15) is 0 Å². The molecule has 1 amide bonds. The van der Waals surface area contributed by atoms with Gasteiger partial charge in [0, 0.05) is 30.6 Å². The molecule has 0 saturated heterocycles. The van der Waals surface area contributed by atoms with Crippen molar-refractivity contribution in [3.63, 3.8) is 0 Å². The number of benzene rings is 1. The van der Waals surface area contributed by atoms with Crippen LogP contribution in [0.5, 0.6) is 11.5 Å². The Hall–Kier alpha value is -2.31. The number of methoxy groups -OCH3 is 1. The number of allylic oxidation sites excluding steroid dienone is 1. The van der Waals surface area contributed by atoms with Crippen molar-refractivity contribution in [3.8, 4) is 11.5 Å². The number of nitrogens with one attached hydrogen (secondary N) is 1. The highest BCUT2D eigenvalue weighted by Gasteiger charge is 2.21. The zero-order valence-corrected chi connectivity index (χ0v) is 17.6. The first kappa shape index (κ1) is 20.4. The highest BCUT2D eigenvalue weighted by molar-refractivity contribution is 7.10. The van der Waals surface area contributed by atoms with Crippen LogP contribution in [0.2, 0.25) is 0 Å². The molecule has 1 aromatic carbocycles. The van der Waals surface area contributed by atoms with E-state index in [-0.39, 0.29) is 18.6 Å². The van der Waals surface area contributed by atoms with E-state index in [1.165, 1.54) is 10.4 Å². The molecule has 1 aliphatic rings. The molecule has 28 heavy (non-hydrogen) atoms. The zero-order valence-electron chi connectivity index (χ0n) is 16.7. The molecule has 0 fully saturated rings. The Morgan fingerprint density at radius 1 is 1.36 bits per heavy atom. The number of hydrogen-bond acceptors (Lipinski definition) is 5. The molecule has 6 heteroatoms. The third-order valence-corrected chi connectivity index (χ3v) is 5.98. The molecule has 0 aliphatic carbocycles. The number of ether oxygens (including phenoxy) is 2. The Morgan fingerprint density at radius 2 is 2.21 bits per heavy atom. The van der Waals surface area contributed by atoms with Crippen LogP contribution >= 0.6 is 11.3 Å². The molecule has 1 N–H and O–H groups in total. The van der Waals surface area contributed by atoms with Crippen LogP contribution < -0.4 is 14.8 Å². The van der Waals surface area contributed by atoms with Crippen LogP contribution in [-0.4, -0.2) is 43.7 Å². The Kier molecular flexibility index (Phi) is 7.12. The van der Waals surface area contributed by atoms with E-state index in [0.29, 0.717) is 18.0 Å². The second kappa shape index (κ2) is 9.75. The summed E-state index contributed by atoms with van der Waals surface area (Å²) < 4.78 is 11.0. The molecule has 0 spiro atoms. The second-order valence-corrected chi connectivity index (χ2v) is 7.94. The number of carbonyl (C=O) groups excluding carboxylic acids is 1. The Labute approximate surface area is 171 Å². The summed E-state index contributed by atoms with van der Waals surface area (Å²) in [6.45, 7) is 6.70. The molecule has 1 aromatic heterocycles. The van der Waals surface area contributed by atoms with Gasteiger partial charge in [-0.15, -0.1) is 11.3 Å². The minimum absolute atomic E-state index is 0.0271. The molecule has 1 unspecified atom stereocenters. The summed E-state index contributed by atoms with van der Waals surface area (Å²) in [5.74, 6) is 1.07. The SMILES string of the molecule is C/C=C/c1ccc(OCC(=O)NCC(C)N2CCc3sccc3C2)c(OC)c1. The van der Waals surface area contributed by atoms with E-state index in [0.717, 1.165) is 25.1 Å². The van der Waals surface area contributed by atoms with Crippen molar-refractivity contribution >= 4 is 23.3 Å². The number of nitrogens with zero attached hydrogens (tertiary/aromatic N) is 1. The smallest absolute Gasteiger partial charge is 0.257 e. The summed E-state index contributed by atoms with van der Waals surface area (Å²) in [6.07, 6.45) is 5.04. The summed E-state index contributed by atoms with van der Waals surface area (Å²) in [5, 5.41) is 5.15. The van der Waals surface area contributed by atoms with Gasteiger partial charge in [0.25, 0.3) is 5.91 Å². The van der Waals surface area contributed by atoms with Crippen LogP contribution in [0.25, 0.3) is 6.08 Å². The number of thiophene rings is 1. The molecular weight excluding hydrogens is 372 g/mol. The highest BCUT2D eigenvalue weighted by Crippen LogP contribution is 2.28. The van der Waals surface area contributed by atoms with Gasteiger partial charge in [0.05, 0.1) is 7.11 Å². The van der Waals surface area contributed by atoms with Gasteiger partial charge in [-0.25, -0.2) is 0 Å². The third-order valence-electron chi connectivity index (χ3n) is 4.96. The molecule has 5 nitrogen and oxygen atoms in total. The predicted octanol–water partition coefficient (Wildman–Crippen LogP) is 3.73. The minimum Gasteiger partial charge on any atom is -0.493 e. The van der Waals surface area contributed by atoms with Crippen LogP contribution in [0, 0.1) is 0 Å². The average molecular weight is 401 g/mol. The largest absolute Gasteiger partial charge is 0.493 e. The fraction of sp³-hybridized carbons (Fsp3) is 0.409. The number of fused-ring (bicyclic) bond motifs is 1. The fourth-order valence-corrected chi connectivity index (χ4v) is 4.22. The van der Waals surface area contributed by atoms with Gasteiger partial charge >= 0.3 is 0 Å². The number of hydrogen-bond donors (Lipinski definition) is 1. The lowest BCUT2D eigenvalue weighted by Gasteiger charge is -2.32. The quantitative estimate of drug-likeness (QED) is 0.734. The molecule has 2 aromatic rings. The van der Waals surface area contributed by atoms with Crippen molar-refractivity contribution in [2.45, 2.75) is 32.9 Å². The van der Waals surface area contributed by atoms with E-state index < -0.39 is 0 Å². The van der Waals surface area contributed by atoms with Crippen LogP contribution in [-0.2, 0) is 17.8 Å². The van der Waals surface area contributed by atoms with Crippen molar-refractivity contribution < 1.29 is 14.3 Å². The average Bonchev–Trinajstić information content (AvgIpc) is 3.19. The summed E-state index contributed by atoms with van der Waals surface area (Å²) >= 11 is 1.84. The molecule has 1 atom stereocenters. The number of amides is 1. The van der Waals surface area contributed by atoms with Gasteiger partial charge in [-0.1, -0.05) is 18.2 Å². The molecule has 0 radical (unpaired) electrons. The van der Waals surface area contributed by atoms with Gasteiger partial charge in [0.15, 0.2) is 18.1 Å². The van der Waals surface area contributed by atoms with Crippen LogP contribution in [0.4, 0.5) is 0 Å². The Bertz CT molecular complexity index is 831. The van der Waals surface area contributed by atoms with E-state index in [1.807, 2.05) is 48.6 Å². The molecular formula is C22H28N2O3S. The van der Waals surface area contributed by atoms with Gasteiger partial charge in [-0.3, -0.25) is 9.69 Å². The maximum atomic E-state index is 12.2. The summed E-state index contributed by atoms with van der Waals surface area (Å²) in [4.78, 5) is 16.1. The molecule has 150 valence electrons. The number of carbonyl (C=O) groups is 1. The maximum absolute atomic E-state index is 12.2. The zero-order chi connectivity index (χ0) is 19.9. The number of rotatable bonds is 8. The lowest BCUT2D eigenvalue weighted by atomic mass is 10.1. The van der Waals surface area contributed by atoms with Crippen molar-refractivity contribution in [1.29, 1.82) is 0 Å². The van der Waals surface area contributed by atoms with E-state index in [1.54, 1.807) is 7.11 Å². The predicted molar refractivity (Wildman–Crippen MR) is 114 cm³/mol. The highest BCUT2D eigenvalue weighted by atomic mass is 32.1. The fourth-order valence-electron chi connectivity index (χ4n) is 3.33. The summed E-state index contributed by atoms with van der Waals surface area (Å²) in [7, 11) is 1.60. The first-order chi connectivity index (χ1) is 13.6. The first-order valence-electron chi connectivity index (χ1n) is 9.60. The van der Waals surface area contributed by atoms with Gasteiger partial charge in [-0.2, -0.15) is 0 Å². The standard InChI is InChI=1S/C22H28N2O3S/c1-4-5-17-6-7-19(20(12-17)26-3)27-15-22(25)23-13-16(2)24-10-8-21-18(14-24)9-11-28-21/h4-7,9,11-12,16H,8,10,13-15H2,1-3H3,(H,23,25)/b5-4+. The normalized spacial score (nSPS) is 15.2. The van der Waals surface area contributed by atoms with E-state index in [2.05, 4.69) is 28.6 Å². The second-order valence-electron chi connectivity index (χ2n) is 6.94. The van der Waals surface area contributed by atoms with E-state index >= 15 is 0 Å². The summed E-state index contributed by atoms with van der Waals surface area (Å²) in [5.41, 5.74) is 2.45. The molecule has 0 saturated carbocycles. The minimum atomic E-state index is -0.125. The van der Waals surface area contributed by atoms with E-state index in [4.69, 9.17) is 9.47 Å². The molecule has 1 aliphatic heterocycles. The molecule has 3 rings (SSSR count). The first-order valence-corrected chi connectivity index (χ1v) is 10.5. The van der Waals surface area contributed by atoms with Gasteiger partial charge < -0.3 is 14.8 Å². The summed E-state index contributed by atoms with van der Waals surface area (Å²) in [6, 6.07) is 8.15. The van der Waals surface area contributed by atoms with Crippen LogP contribution in [0.1, 0.15) is 29.9 Å². The Balaban J connectivity index is 1.46. The van der Waals surface area contributed by atoms with Crippen molar-refractivity contribution in [1.82, 2.24) is 10.2 Å². The van der Waals surface area contributed by atoms with Crippen LogP contribution in [0.15, 0.2) is 35.7 Å². The molecule has 0 bridgehead atoms. The van der Waals surface area contributed by atoms with Crippen molar-refractivity contribution in [3.05, 3.63) is 51.7 Å². The van der Waals surface area contributed by atoms with Crippen LogP contribution in [0.3, 0.4) is 0 Å². The monoisotopic (exact) mass is 400 g/mol. The van der Waals surface area contributed by atoms with E-state index in [9.17, 15) is 4.79 Å². The molecule has 2 heterocycles. The van der Waals surface area contributed by atoms with Crippen molar-refractivity contribution in [2.24, 2.45) is 0 Å².